The number of ketones is 1. The van der Waals surface area contributed by atoms with E-state index in [0.717, 1.165) is 60.6 Å². The van der Waals surface area contributed by atoms with Crippen LogP contribution in [0.1, 0.15) is 18.1 Å². The fourth-order valence-corrected chi connectivity index (χ4v) is 4.08. The van der Waals surface area contributed by atoms with Crippen LogP contribution in [0.3, 0.4) is 0 Å². The highest BCUT2D eigenvalue weighted by atomic mass is 35.5. The third kappa shape index (κ3) is 4.78. The average Bonchev–Trinajstić information content (AvgIpc) is 2.69. The molecule has 6 heteroatoms. The van der Waals surface area contributed by atoms with Crippen molar-refractivity contribution in [1.29, 1.82) is 0 Å². The van der Waals surface area contributed by atoms with Gasteiger partial charge in [-0.15, -0.1) is 0 Å². The molecule has 1 fully saturated rings. The number of hydrogen-bond acceptors (Lipinski definition) is 4. The Morgan fingerprint density at radius 2 is 1.86 bits per heavy atom. The van der Waals surface area contributed by atoms with Gasteiger partial charge in [0.2, 0.25) is 0 Å². The number of carbonyl (C=O) groups excluding carboxylic acids is 1. The summed E-state index contributed by atoms with van der Waals surface area (Å²) in [4.78, 5) is 18.7. The molecule has 0 atom stereocenters. The van der Waals surface area contributed by atoms with Crippen molar-refractivity contribution in [2.75, 3.05) is 26.3 Å². The third-order valence-corrected chi connectivity index (χ3v) is 5.73. The molecule has 1 aromatic heterocycles. The molecule has 1 aliphatic heterocycles. The van der Waals surface area contributed by atoms with E-state index >= 15 is 0 Å². The molecule has 0 bridgehead atoms. The number of rotatable bonds is 5. The van der Waals surface area contributed by atoms with Crippen molar-refractivity contribution in [2.45, 2.75) is 19.9 Å². The molecular weight excluding hydrogens is 407 g/mol. The van der Waals surface area contributed by atoms with E-state index in [2.05, 4.69) is 11.0 Å². The predicted molar refractivity (Wildman–Crippen MR) is 118 cm³/mol. The second-order valence-electron chi connectivity index (χ2n) is 7.40. The van der Waals surface area contributed by atoms with Gasteiger partial charge in [0, 0.05) is 47.1 Å². The van der Waals surface area contributed by atoms with Crippen LogP contribution >= 0.6 is 23.2 Å². The zero-order chi connectivity index (χ0) is 20.4. The molecule has 0 saturated carbocycles. The van der Waals surface area contributed by atoms with Crippen LogP contribution in [0.5, 0.6) is 0 Å². The second-order valence-corrected chi connectivity index (χ2v) is 8.25. The molecule has 2 aromatic carbocycles. The van der Waals surface area contributed by atoms with Gasteiger partial charge in [-0.25, -0.2) is 4.98 Å². The van der Waals surface area contributed by atoms with Gasteiger partial charge in [-0.1, -0.05) is 41.4 Å². The first-order valence-electron chi connectivity index (χ1n) is 9.67. The molecule has 4 nitrogen and oxygen atoms in total. The predicted octanol–water partition coefficient (Wildman–Crippen LogP) is 5.17. The number of nitrogens with zero attached hydrogens (tertiary/aromatic N) is 2. The van der Waals surface area contributed by atoms with E-state index in [1.54, 1.807) is 6.92 Å². The maximum Gasteiger partial charge on any atom is 0.134 e. The molecule has 150 valence electrons. The fraction of sp³-hybridized carbons (Fsp3) is 0.304. The van der Waals surface area contributed by atoms with Crippen LogP contribution in [-0.2, 0) is 22.5 Å². The largest absolute Gasteiger partial charge is 0.379 e. The lowest BCUT2D eigenvalue weighted by molar-refractivity contribution is -0.116. The highest BCUT2D eigenvalue weighted by Crippen LogP contribution is 2.30. The number of Topliss-reactive ketones (excluding diaryl/α,β-unsaturated/α-hetero) is 1. The van der Waals surface area contributed by atoms with Gasteiger partial charge in [-0.05, 0) is 42.3 Å². The normalized spacial score (nSPS) is 15.0. The van der Waals surface area contributed by atoms with Crippen LogP contribution in [0.2, 0.25) is 10.0 Å². The van der Waals surface area contributed by atoms with Crippen molar-refractivity contribution < 1.29 is 9.53 Å². The summed E-state index contributed by atoms with van der Waals surface area (Å²) < 4.78 is 5.48. The summed E-state index contributed by atoms with van der Waals surface area (Å²) >= 11 is 12.7. The number of benzene rings is 2. The van der Waals surface area contributed by atoms with Crippen molar-refractivity contribution in [3.05, 3.63) is 63.6 Å². The van der Waals surface area contributed by atoms with Gasteiger partial charge in [0.15, 0.2) is 0 Å². The van der Waals surface area contributed by atoms with Crippen molar-refractivity contribution in [2.24, 2.45) is 0 Å². The lowest BCUT2D eigenvalue weighted by Crippen LogP contribution is -2.35. The Morgan fingerprint density at radius 1 is 1.07 bits per heavy atom. The van der Waals surface area contributed by atoms with E-state index in [1.165, 1.54) is 5.56 Å². The summed E-state index contributed by atoms with van der Waals surface area (Å²) in [5, 5.41) is 2.35. The van der Waals surface area contributed by atoms with Gasteiger partial charge in [0.25, 0.3) is 0 Å². The Bertz CT molecular complexity index is 1060. The second kappa shape index (κ2) is 8.80. The molecule has 1 aliphatic rings. The average molecular weight is 429 g/mol. The van der Waals surface area contributed by atoms with E-state index < -0.39 is 0 Å². The number of hydrogen-bond donors (Lipinski definition) is 0. The zero-order valence-corrected chi connectivity index (χ0v) is 17.8. The molecule has 0 aliphatic carbocycles. The lowest BCUT2D eigenvalue weighted by atomic mass is 10.0. The monoisotopic (exact) mass is 428 g/mol. The van der Waals surface area contributed by atoms with Gasteiger partial charge in [-0.3, -0.25) is 9.69 Å². The highest BCUT2D eigenvalue weighted by molar-refractivity contribution is 6.32. The van der Waals surface area contributed by atoms with E-state index in [9.17, 15) is 4.79 Å². The Labute approximate surface area is 180 Å². The molecule has 0 unspecified atom stereocenters. The molecule has 2 heterocycles. The van der Waals surface area contributed by atoms with E-state index in [-0.39, 0.29) is 5.78 Å². The molecule has 1 saturated heterocycles. The number of fused-ring (bicyclic) bond motifs is 1. The van der Waals surface area contributed by atoms with Crippen molar-refractivity contribution in [1.82, 2.24) is 9.88 Å². The molecule has 0 amide bonds. The Hall–Kier alpha value is -1.98. The van der Waals surface area contributed by atoms with Crippen LogP contribution < -0.4 is 0 Å². The molecular formula is C23H22Cl2N2O2. The Kier molecular flexibility index (Phi) is 6.16. The maximum atomic E-state index is 11.4. The highest BCUT2D eigenvalue weighted by Gasteiger charge is 2.15. The number of halogens is 2. The summed E-state index contributed by atoms with van der Waals surface area (Å²) in [6, 6.07) is 13.7. The van der Waals surface area contributed by atoms with Crippen LogP contribution in [0.4, 0.5) is 0 Å². The Morgan fingerprint density at radius 3 is 2.59 bits per heavy atom. The van der Waals surface area contributed by atoms with E-state index in [0.29, 0.717) is 16.5 Å². The number of ether oxygens (including phenoxy) is 1. The van der Waals surface area contributed by atoms with Crippen molar-refractivity contribution in [3.63, 3.8) is 0 Å². The smallest absolute Gasteiger partial charge is 0.134 e. The summed E-state index contributed by atoms with van der Waals surface area (Å²) in [7, 11) is 0. The first-order chi connectivity index (χ1) is 14.0. The standard InChI is InChI=1S/C23H22Cl2N2O2/c1-15(28)10-16-2-3-17(11-21(16)25)22-12-18(14-27-6-8-29-9-7-27)20-5-4-19(24)13-23(20)26-22/h2-5,11-13H,6-10,14H2,1H3. The van der Waals surface area contributed by atoms with Gasteiger partial charge < -0.3 is 4.74 Å². The SMILES string of the molecule is CC(=O)Cc1ccc(-c2cc(CN3CCOCC3)c3ccc(Cl)cc3n2)cc1Cl. The number of carbonyl (C=O) groups is 1. The van der Waals surface area contributed by atoms with Crippen molar-refractivity contribution in [3.8, 4) is 11.3 Å². The quantitative estimate of drug-likeness (QED) is 0.561. The van der Waals surface area contributed by atoms with Crippen molar-refractivity contribution >= 4 is 39.9 Å². The van der Waals surface area contributed by atoms with Gasteiger partial charge in [0.1, 0.15) is 5.78 Å². The minimum Gasteiger partial charge on any atom is -0.379 e. The van der Waals surface area contributed by atoms with E-state index in [4.69, 9.17) is 32.9 Å². The van der Waals surface area contributed by atoms with Crippen LogP contribution in [0.25, 0.3) is 22.2 Å². The lowest BCUT2D eigenvalue weighted by Gasteiger charge is -2.27. The molecule has 29 heavy (non-hydrogen) atoms. The molecule has 0 spiro atoms. The van der Waals surface area contributed by atoms with Gasteiger partial charge in [0.05, 0.1) is 24.4 Å². The minimum absolute atomic E-state index is 0.0888. The molecule has 3 aromatic rings. The maximum absolute atomic E-state index is 11.4. The summed E-state index contributed by atoms with van der Waals surface area (Å²) in [6.45, 7) is 5.74. The summed E-state index contributed by atoms with van der Waals surface area (Å²) in [5.41, 5.74) is 4.67. The molecule has 0 N–H and O–H groups in total. The Balaban J connectivity index is 1.76. The fourth-order valence-electron chi connectivity index (χ4n) is 3.67. The van der Waals surface area contributed by atoms with E-state index in [1.807, 2.05) is 36.4 Å². The van der Waals surface area contributed by atoms with Gasteiger partial charge >= 0.3 is 0 Å². The van der Waals surface area contributed by atoms with Crippen LogP contribution in [0, 0.1) is 0 Å². The van der Waals surface area contributed by atoms with Crippen LogP contribution in [0.15, 0.2) is 42.5 Å². The number of aromatic nitrogens is 1. The minimum atomic E-state index is 0.0888. The number of pyridine rings is 1. The topological polar surface area (TPSA) is 42.4 Å². The third-order valence-electron chi connectivity index (χ3n) is 5.14. The zero-order valence-electron chi connectivity index (χ0n) is 16.3. The molecule has 4 rings (SSSR count). The van der Waals surface area contributed by atoms with Crippen LogP contribution in [-0.4, -0.2) is 42.0 Å². The number of morpholine rings is 1. The first-order valence-corrected chi connectivity index (χ1v) is 10.4. The summed E-state index contributed by atoms with van der Waals surface area (Å²) in [5.74, 6) is 0.0888. The summed E-state index contributed by atoms with van der Waals surface area (Å²) in [6.07, 6.45) is 0.335. The first kappa shape index (κ1) is 20.3. The molecule has 0 radical (unpaired) electrons. The van der Waals surface area contributed by atoms with Gasteiger partial charge in [-0.2, -0.15) is 0 Å².